The number of nitrogens with one attached hydrogen (secondary N) is 1. The van der Waals surface area contributed by atoms with Crippen LogP contribution in [0.2, 0.25) is 0 Å². The summed E-state index contributed by atoms with van der Waals surface area (Å²) in [5.74, 6) is 0.122. The van der Waals surface area contributed by atoms with Crippen molar-refractivity contribution in [3.05, 3.63) is 82.9 Å². The van der Waals surface area contributed by atoms with E-state index in [0.29, 0.717) is 42.1 Å². The van der Waals surface area contributed by atoms with Crippen LogP contribution in [-0.4, -0.2) is 56.1 Å². The first-order chi connectivity index (χ1) is 17.8. The van der Waals surface area contributed by atoms with E-state index >= 15 is 0 Å². The largest absolute Gasteiger partial charge is 0.416 e. The molecule has 2 aromatic carbocycles. The molecule has 2 aromatic heterocycles. The van der Waals surface area contributed by atoms with Crippen molar-refractivity contribution in [1.29, 1.82) is 0 Å². The molecule has 194 valence electrons. The Morgan fingerprint density at radius 3 is 2.68 bits per heavy atom. The molecule has 3 atom stereocenters. The highest BCUT2D eigenvalue weighted by Gasteiger charge is 2.33. The maximum atomic E-state index is 13.1. The number of aliphatic hydroxyl groups is 1. The third-order valence-electron chi connectivity index (χ3n) is 7.20. The molecule has 7 nitrogen and oxygen atoms in total. The molecule has 1 aliphatic heterocycles. The minimum atomic E-state index is -4.39. The van der Waals surface area contributed by atoms with Gasteiger partial charge >= 0.3 is 6.18 Å². The van der Waals surface area contributed by atoms with Crippen LogP contribution in [0.15, 0.2) is 60.7 Å². The number of pyridine rings is 1. The predicted octanol–water partition coefficient (Wildman–Crippen LogP) is 4.72. The number of hydrogen-bond acceptors (Lipinski definition) is 6. The zero-order valence-corrected chi connectivity index (χ0v) is 20.2. The Bertz CT molecular complexity index is 1340. The van der Waals surface area contributed by atoms with Gasteiger partial charge in [-0.05, 0) is 61.2 Å². The van der Waals surface area contributed by atoms with Crippen LogP contribution in [0.4, 0.5) is 19.0 Å². The van der Waals surface area contributed by atoms with Crippen molar-refractivity contribution < 1.29 is 18.3 Å². The summed E-state index contributed by atoms with van der Waals surface area (Å²) in [6.45, 7) is 1.90. The topological polar surface area (TPSA) is 104 Å². The number of nitrogen functional groups attached to an aromatic ring is 1. The molecule has 0 radical (unpaired) electrons. The minimum absolute atomic E-state index is 0.0340. The number of halogens is 3. The van der Waals surface area contributed by atoms with Gasteiger partial charge in [-0.15, -0.1) is 5.10 Å². The molecule has 0 bridgehead atoms. The monoisotopic (exact) mass is 510 g/mol. The van der Waals surface area contributed by atoms with Crippen LogP contribution >= 0.6 is 0 Å². The van der Waals surface area contributed by atoms with E-state index in [9.17, 15) is 18.3 Å². The fourth-order valence-corrected chi connectivity index (χ4v) is 5.39. The number of rotatable bonds is 7. The summed E-state index contributed by atoms with van der Waals surface area (Å²) >= 11 is 0. The van der Waals surface area contributed by atoms with E-state index in [1.54, 1.807) is 6.07 Å². The van der Waals surface area contributed by atoms with Crippen LogP contribution in [-0.2, 0) is 6.18 Å². The molecule has 10 heteroatoms. The quantitative estimate of drug-likeness (QED) is 0.333. The molecular weight excluding hydrogens is 481 g/mol. The molecule has 4 N–H and O–H groups in total. The second kappa shape index (κ2) is 10.5. The normalized spacial score (nSPS) is 19.8. The van der Waals surface area contributed by atoms with Crippen LogP contribution in [0, 0.1) is 0 Å². The van der Waals surface area contributed by atoms with Gasteiger partial charge in [-0.2, -0.15) is 13.2 Å². The first-order valence-corrected chi connectivity index (χ1v) is 12.4. The summed E-state index contributed by atoms with van der Waals surface area (Å²) in [5.41, 5.74) is 9.28. The highest BCUT2D eigenvalue weighted by Crippen LogP contribution is 2.36. The molecule has 0 amide bonds. The molecule has 0 saturated carbocycles. The molecule has 37 heavy (non-hydrogen) atoms. The van der Waals surface area contributed by atoms with Crippen LogP contribution in [0.5, 0.6) is 0 Å². The van der Waals surface area contributed by atoms with E-state index in [1.807, 2.05) is 24.3 Å². The van der Waals surface area contributed by atoms with Gasteiger partial charge < -0.3 is 15.7 Å². The van der Waals surface area contributed by atoms with Gasteiger partial charge in [-0.3, -0.25) is 0 Å². The molecule has 0 aliphatic carbocycles. The SMILES string of the molecule is Nc1cc([C@H](CCCN2CCC(c3cccc(C(F)(F)F)c3)C(O)C2)c2ccccc2)c2nn[nH]c2n1. The molecule has 1 aliphatic rings. The van der Waals surface area contributed by atoms with E-state index in [-0.39, 0.29) is 11.8 Å². The van der Waals surface area contributed by atoms with Crippen LogP contribution in [0.1, 0.15) is 53.4 Å². The zero-order chi connectivity index (χ0) is 26.0. The van der Waals surface area contributed by atoms with Crippen molar-refractivity contribution in [3.8, 4) is 0 Å². The van der Waals surface area contributed by atoms with Gasteiger partial charge in [0.1, 0.15) is 11.3 Å². The first kappa shape index (κ1) is 25.2. The first-order valence-electron chi connectivity index (χ1n) is 12.4. The number of nitrogens with zero attached hydrogens (tertiary/aromatic N) is 4. The summed E-state index contributed by atoms with van der Waals surface area (Å²) in [5, 5.41) is 21.7. The Kier molecular flexibility index (Phi) is 7.12. The second-order valence-corrected chi connectivity index (χ2v) is 9.64. The smallest absolute Gasteiger partial charge is 0.391 e. The van der Waals surface area contributed by atoms with Crippen molar-refractivity contribution in [1.82, 2.24) is 25.3 Å². The number of aromatic nitrogens is 4. The van der Waals surface area contributed by atoms with Gasteiger partial charge in [0, 0.05) is 18.4 Å². The fourth-order valence-electron chi connectivity index (χ4n) is 5.39. The Morgan fingerprint density at radius 2 is 1.92 bits per heavy atom. The molecule has 4 aromatic rings. The van der Waals surface area contributed by atoms with Crippen LogP contribution in [0.25, 0.3) is 11.2 Å². The summed E-state index contributed by atoms with van der Waals surface area (Å²) in [6.07, 6.45) is -2.85. The van der Waals surface area contributed by atoms with Gasteiger partial charge in [-0.25, -0.2) is 10.1 Å². The summed E-state index contributed by atoms with van der Waals surface area (Å²) in [4.78, 5) is 6.47. The van der Waals surface area contributed by atoms with E-state index in [0.717, 1.165) is 36.6 Å². The number of piperidine rings is 1. The standard InChI is InChI=1S/C27H29F3N6O/c28-27(29,30)19-9-4-8-18(14-19)21-11-13-36(16-23(21)37)12-5-10-20(17-6-2-1-3-7-17)22-15-24(31)32-26-25(22)33-35-34-26/h1-4,6-9,14-15,20-21,23,37H,5,10-13,16H2,(H3,31,32,33,34,35)/t20-,21?,23?/m1/s1. The lowest BCUT2D eigenvalue weighted by molar-refractivity contribution is -0.137. The van der Waals surface area contributed by atoms with Gasteiger partial charge in [0.2, 0.25) is 0 Å². The number of nitrogens with two attached hydrogens (primary N) is 1. The Morgan fingerprint density at radius 1 is 1.11 bits per heavy atom. The Hall–Kier alpha value is -3.50. The average Bonchev–Trinajstić information content (AvgIpc) is 3.35. The van der Waals surface area contributed by atoms with E-state index in [4.69, 9.17) is 5.73 Å². The van der Waals surface area contributed by atoms with Gasteiger partial charge in [-0.1, -0.05) is 53.7 Å². The van der Waals surface area contributed by atoms with Gasteiger partial charge in [0.15, 0.2) is 5.65 Å². The Balaban J connectivity index is 1.26. The zero-order valence-electron chi connectivity index (χ0n) is 20.2. The summed E-state index contributed by atoms with van der Waals surface area (Å²) < 4.78 is 39.4. The summed E-state index contributed by atoms with van der Waals surface area (Å²) in [6, 6.07) is 17.3. The van der Waals surface area contributed by atoms with E-state index in [1.165, 1.54) is 12.1 Å². The van der Waals surface area contributed by atoms with E-state index in [2.05, 4.69) is 37.4 Å². The minimum Gasteiger partial charge on any atom is -0.391 e. The summed E-state index contributed by atoms with van der Waals surface area (Å²) in [7, 11) is 0. The molecule has 0 spiro atoms. The van der Waals surface area contributed by atoms with Gasteiger partial charge in [0.05, 0.1) is 11.7 Å². The highest BCUT2D eigenvalue weighted by molar-refractivity contribution is 5.77. The van der Waals surface area contributed by atoms with Crippen molar-refractivity contribution in [3.63, 3.8) is 0 Å². The third kappa shape index (κ3) is 5.60. The highest BCUT2D eigenvalue weighted by atomic mass is 19.4. The number of fused-ring (bicyclic) bond motifs is 1. The third-order valence-corrected chi connectivity index (χ3v) is 7.20. The van der Waals surface area contributed by atoms with Crippen molar-refractivity contribution in [2.45, 2.75) is 43.4 Å². The molecule has 1 saturated heterocycles. The number of H-pyrrole nitrogens is 1. The van der Waals surface area contributed by atoms with Gasteiger partial charge in [0.25, 0.3) is 0 Å². The predicted molar refractivity (Wildman–Crippen MR) is 135 cm³/mol. The molecule has 2 unspecified atom stereocenters. The van der Waals surface area contributed by atoms with Crippen molar-refractivity contribution in [2.75, 3.05) is 25.4 Å². The number of alkyl halides is 3. The van der Waals surface area contributed by atoms with Crippen LogP contribution in [0.3, 0.4) is 0 Å². The number of benzene rings is 2. The Labute approximate surface area is 212 Å². The van der Waals surface area contributed by atoms with Crippen molar-refractivity contribution in [2.24, 2.45) is 0 Å². The lowest BCUT2D eigenvalue weighted by Gasteiger charge is -2.36. The fraction of sp³-hybridized carbons (Fsp3) is 0.370. The lowest BCUT2D eigenvalue weighted by Crippen LogP contribution is -2.43. The average molecular weight is 511 g/mol. The number of hydrogen-bond donors (Lipinski definition) is 3. The molecule has 5 rings (SSSR count). The molecule has 1 fully saturated rings. The van der Waals surface area contributed by atoms with E-state index < -0.39 is 17.8 Å². The van der Waals surface area contributed by atoms with Crippen molar-refractivity contribution >= 4 is 17.0 Å². The maximum Gasteiger partial charge on any atom is 0.416 e. The molecule has 3 heterocycles. The lowest BCUT2D eigenvalue weighted by atomic mass is 9.85. The molecular formula is C27H29F3N6O. The number of aliphatic hydroxyl groups excluding tert-OH is 1. The number of β-amino-alcohol motifs (C(OH)–C–C–N with tert-alkyl or cyclic N) is 1. The number of aromatic amines is 1. The second-order valence-electron chi connectivity index (χ2n) is 9.64. The number of likely N-dealkylation sites (tertiary alicyclic amines) is 1. The van der Waals surface area contributed by atoms with Crippen LogP contribution < -0.4 is 5.73 Å². The maximum absolute atomic E-state index is 13.1. The number of anilines is 1.